The molecule has 0 radical (unpaired) electrons. The molecule has 5 heterocycles. The zero-order valence-corrected chi connectivity index (χ0v) is 23.7. The SMILES string of the molecule is C[C@H]1CCCN1Cc1cc(F)cc(OC2CCN(C3CC(CN)(n4cc(-c5ncnc6[nH]ccc56)cn4)C3)CC2)c1. The van der Waals surface area contributed by atoms with E-state index >= 15 is 0 Å². The number of ether oxygens (including phenoxy) is 1. The number of fused-ring (bicyclic) bond motifs is 1. The van der Waals surface area contributed by atoms with Crippen molar-refractivity contribution in [2.24, 2.45) is 5.73 Å². The zero-order chi connectivity index (χ0) is 28.0. The third-order valence-corrected chi connectivity index (χ3v) is 9.61. The van der Waals surface area contributed by atoms with Gasteiger partial charge in [-0.25, -0.2) is 14.4 Å². The average molecular weight is 559 g/mol. The Morgan fingerprint density at radius 1 is 1.12 bits per heavy atom. The molecule has 3 aliphatic rings. The maximum Gasteiger partial charge on any atom is 0.141 e. The number of H-pyrrole nitrogens is 1. The van der Waals surface area contributed by atoms with Crippen LogP contribution >= 0.6 is 0 Å². The fourth-order valence-corrected chi connectivity index (χ4v) is 7.12. The van der Waals surface area contributed by atoms with Gasteiger partial charge in [-0.2, -0.15) is 5.10 Å². The lowest BCUT2D eigenvalue weighted by atomic mass is 9.71. The van der Waals surface area contributed by atoms with Gasteiger partial charge >= 0.3 is 0 Å². The number of piperidine rings is 1. The summed E-state index contributed by atoms with van der Waals surface area (Å²) in [5.41, 5.74) is 9.84. The van der Waals surface area contributed by atoms with Gasteiger partial charge < -0.3 is 15.5 Å². The third-order valence-electron chi connectivity index (χ3n) is 9.61. The molecule has 2 aliphatic heterocycles. The summed E-state index contributed by atoms with van der Waals surface area (Å²) in [6.45, 7) is 6.61. The lowest BCUT2D eigenvalue weighted by Gasteiger charge is -2.52. The van der Waals surface area contributed by atoms with E-state index in [1.165, 1.54) is 18.9 Å². The summed E-state index contributed by atoms with van der Waals surface area (Å²) >= 11 is 0. The molecule has 1 saturated carbocycles. The minimum Gasteiger partial charge on any atom is -0.490 e. The highest BCUT2D eigenvalue weighted by Gasteiger charge is 2.48. The summed E-state index contributed by atoms with van der Waals surface area (Å²) in [7, 11) is 0. The first-order valence-electron chi connectivity index (χ1n) is 15.0. The number of rotatable bonds is 8. The molecule has 3 N–H and O–H groups in total. The predicted molar refractivity (Wildman–Crippen MR) is 156 cm³/mol. The number of halogens is 1. The van der Waals surface area contributed by atoms with Crippen molar-refractivity contribution in [2.45, 2.75) is 75.7 Å². The van der Waals surface area contributed by atoms with E-state index in [1.54, 1.807) is 12.4 Å². The van der Waals surface area contributed by atoms with Gasteiger partial charge in [-0.05, 0) is 75.8 Å². The number of benzene rings is 1. The Labute approximate surface area is 239 Å². The molecule has 10 heteroatoms. The first kappa shape index (κ1) is 26.6. The van der Waals surface area contributed by atoms with Gasteiger partial charge in [-0.1, -0.05) is 0 Å². The van der Waals surface area contributed by atoms with Crippen LogP contribution in [0.3, 0.4) is 0 Å². The molecule has 2 saturated heterocycles. The molecule has 7 rings (SSSR count). The molecular weight excluding hydrogens is 519 g/mol. The molecule has 0 bridgehead atoms. The van der Waals surface area contributed by atoms with Crippen LogP contribution in [0.25, 0.3) is 22.3 Å². The van der Waals surface area contributed by atoms with Crippen LogP contribution in [0.4, 0.5) is 4.39 Å². The van der Waals surface area contributed by atoms with Crippen molar-refractivity contribution in [1.82, 2.24) is 34.5 Å². The summed E-state index contributed by atoms with van der Waals surface area (Å²) in [6, 6.07) is 8.24. The van der Waals surface area contributed by atoms with Gasteiger partial charge in [0.1, 0.15) is 29.6 Å². The van der Waals surface area contributed by atoms with Gasteiger partial charge in [-0.15, -0.1) is 0 Å². The highest BCUT2D eigenvalue weighted by atomic mass is 19.1. The third kappa shape index (κ3) is 5.13. The molecule has 4 aromatic rings. The van der Waals surface area contributed by atoms with E-state index in [0.717, 1.165) is 79.7 Å². The zero-order valence-electron chi connectivity index (χ0n) is 23.7. The fourth-order valence-electron chi connectivity index (χ4n) is 7.12. The van der Waals surface area contributed by atoms with Crippen LogP contribution in [0.5, 0.6) is 5.75 Å². The van der Waals surface area contributed by atoms with Gasteiger partial charge in [0, 0.05) is 67.7 Å². The number of likely N-dealkylation sites (tertiary alicyclic amines) is 2. The van der Waals surface area contributed by atoms with Crippen molar-refractivity contribution in [3.63, 3.8) is 0 Å². The van der Waals surface area contributed by atoms with Crippen LogP contribution in [-0.2, 0) is 12.1 Å². The molecule has 3 fully saturated rings. The van der Waals surface area contributed by atoms with Gasteiger partial charge in [0.15, 0.2) is 0 Å². The maximum absolute atomic E-state index is 14.4. The van der Waals surface area contributed by atoms with Gasteiger partial charge in [0.05, 0.1) is 17.4 Å². The summed E-state index contributed by atoms with van der Waals surface area (Å²) in [5, 5.41) is 5.72. The number of aromatic nitrogens is 5. The number of nitrogens with one attached hydrogen (secondary N) is 1. The molecule has 1 aromatic carbocycles. The quantitative estimate of drug-likeness (QED) is 0.333. The Balaban J connectivity index is 0.949. The van der Waals surface area contributed by atoms with Crippen LogP contribution in [-0.4, -0.2) is 78.9 Å². The van der Waals surface area contributed by atoms with E-state index in [4.69, 9.17) is 15.6 Å². The number of aromatic amines is 1. The normalized spacial score (nSPS) is 26.0. The number of hydrogen-bond acceptors (Lipinski definition) is 7. The first-order valence-corrected chi connectivity index (χ1v) is 15.0. The summed E-state index contributed by atoms with van der Waals surface area (Å²) < 4.78 is 22.8. The molecule has 0 amide bonds. The van der Waals surface area contributed by atoms with Crippen LogP contribution in [0.2, 0.25) is 0 Å². The molecule has 41 heavy (non-hydrogen) atoms. The number of hydrogen-bond donors (Lipinski definition) is 2. The largest absolute Gasteiger partial charge is 0.490 e. The van der Waals surface area contributed by atoms with Crippen molar-refractivity contribution < 1.29 is 9.13 Å². The smallest absolute Gasteiger partial charge is 0.141 e. The highest BCUT2D eigenvalue weighted by Crippen LogP contribution is 2.43. The maximum atomic E-state index is 14.4. The average Bonchev–Trinajstić information content (AvgIpc) is 3.71. The van der Waals surface area contributed by atoms with Gasteiger partial charge in [-0.3, -0.25) is 14.5 Å². The monoisotopic (exact) mass is 558 g/mol. The molecule has 9 nitrogen and oxygen atoms in total. The minimum absolute atomic E-state index is 0.109. The molecule has 1 aliphatic carbocycles. The molecule has 216 valence electrons. The minimum atomic E-state index is -0.214. The summed E-state index contributed by atoms with van der Waals surface area (Å²) in [5.74, 6) is 0.444. The molecule has 3 aromatic heterocycles. The first-order chi connectivity index (χ1) is 20.0. The molecular formula is C31H39FN8O. The Hall–Kier alpha value is -3.34. The summed E-state index contributed by atoms with van der Waals surface area (Å²) in [6.07, 6.45) is 13.8. The Kier molecular flexibility index (Phi) is 7.00. The second-order valence-electron chi connectivity index (χ2n) is 12.2. The highest BCUT2D eigenvalue weighted by molar-refractivity contribution is 5.90. The van der Waals surface area contributed by atoms with Crippen molar-refractivity contribution in [2.75, 3.05) is 26.2 Å². The van der Waals surface area contributed by atoms with E-state index in [2.05, 4.69) is 42.6 Å². The fraction of sp³-hybridized carbons (Fsp3) is 0.516. The van der Waals surface area contributed by atoms with E-state index < -0.39 is 0 Å². The lowest BCUT2D eigenvalue weighted by molar-refractivity contribution is -0.0185. The van der Waals surface area contributed by atoms with E-state index in [-0.39, 0.29) is 17.5 Å². The number of nitrogens with two attached hydrogens (primary N) is 1. The van der Waals surface area contributed by atoms with Crippen LogP contribution in [0.1, 0.15) is 51.0 Å². The van der Waals surface area contributed by atoms with Crippen LogP contribution < -0.4 is 10.5 Å². The molecule has 1 atom stereocenters. The van der Waals surface area contributed by atoms with E-state index in [9.17, 15) is 4.39 Å². The van der Waals surface area contributed by atoms with Crippen LogP contribution in [0.15, 0.2) is 49.2 Å². The lowest BCUT2D eigenvalue weighted by Crippen LogP contribution is -2.61. The van der Waals surface area contributed by atoms with Crippen molar-refractivity contribution >= 4 is 11.0 Å². The Morgan fingerprint density at radius 3 is 2.76 bits per heavy atom. The standard InChI is InChI=1S/C31H39FN8O/c1-21-3-2-8-39(21)17-22-11-24(32)13-27(12-22)41-26-5-9-38(10-6-26)25-14-31(15-25,19-33)40-18-23(16-37-40)29-28-4-7-34-30(28)36-20-35-29/h4,7,11-13,16,18,20-21,25-26H,2-3,5-6,8-10,14-15,17,19,33H2,1H3,(H,34,35,36)/t21-,25?,31?/m0/s1. The van der Waals surface area contributed by atoms with Gasteiger partial charge in [0.25, 0.3) is 0 Å². The van der Waals surface area contributed by atoms with Crippen molar-refractivity contribution in [1.29, 1.82) is 0 Å². The second-order valence-corrected chi connectivity index (χ2v) is 12.2. The Morgan fingerprint density at radius 2 is 1.98 bits per heavy atom. The summed E-state index contributed by atoms with van der Waals surface area (Å²) in [4.78, 5) is 17.0. The molecule has 0 spiro atoms. The van der Waals surface area contributed by atoms with Crippen molar-refractivity contribution in [3.05, 3.63) is 60.6 Å². The van der Waals surface area contributed by atoms with E-state index in [1.807, 2.05) is 24.5 Å². The predicted octanol–water partition coefficient (Wildman–Crippen LogP) is 4.30. The second kappa shape index (κ2) is 10.8. The Bertz CT molecular complexity index is 1500. The van der Waals surface area contributed by atoms with E-state index in [0.29, 0.717) is 24.4 Å². The molecule has 0 unspecified atom stereocenters. The van der Waals surface area contributed by atoms with Crippen LogP contribution in [0, 0.1) is 5.82 Å². The topological polar surface area (TPSA) is 101 Å². The van der Waals surface area contributed by atoms with Gasteiger partial charge in [0.2, 0.25) is 0 Å². The van der Waals surface area contributed by atoms with Crippen molar-refractivity contribution in [3.8, 4) is 17.0 Å². The number of nitrogens with zero attached hydrogens (tertiary/aromatic N) is 6.